The highest BCUT2D eigenvalue weighted by molar-refractivity contribution is 5.94. The predicted molar refractivity (Wildman–Crippen MR) is 82.4 cm³/mol. The molecule has 2 N–H and O–H groups in total. The van der Waals surface area contributed by atoms with Crippen LogP contribution in [0.3, 0.4) is 0 Å². The highest BCUT2D eigenvalue weighted by Crippen LogP contribution is 2.09. The molecule has 4 nitrogen and oxygen atoms in total. The topological polar surface area (TPSA) is 59.2 Å². The normalized spacial score (nSPS) is 9.62. The number of benzene rings is 1. The van der Waals surface area contributed by atoms with Crippen LogP contribution in [-0.2, 0) is 6.54 Å². The van der Waals surface area contributed by atoms with Crippen LogP contribution in [0.5, 0.6) is 0 Å². The summed E-state index contributed by atoms with van der Waals surface area (Å²) in [6, 6.07) is 11.1. The van der Waals surface area contributed by atoms with Gasteiger partial charge in [-0.05, 0) is 29.8 Å². The molecule has 1 aromatic heterocycles. The second-order valence-corrected chi connectivity index (χ2v) is 4.61. The summed E-state index contributed by atoms with van der Waals surface area (Å²) in [4.78, 5) is 18.1. The van der Waals surface area contributed by atoms with E-state index in [0.717, 1.165) is 11.1 Å². The maximum absolute atomic E-state index is 12.4. The smallest absolute Gasteiger partial charge is 0.253 e. The SMILES string of the molecule is CN(Cc1cccnc1)C(=O)c1cccc(C#CCN)c1. The molecule has 0 bridgehead atoms. The van der Waals surface area contributed by atoms with Gasteiger partial charge in [-0.15, -0.1) is 0 Å². The molecule has 1 aromatic carbocycles. The van der Waals surface area contributed by atoms with Crippen LogP contribution >= 0.6 is 0 Å². The lowest BCUT2D eigenvalue weighted by molar-refractivity contribution is 0.0785. The van der Waals surface area contributed by atoms with Crippen LogP contribution in [-0.4, -0.2) is 29.4 Å². The highest BCUT2D eigenvalue weighted by Gasteiger charge is 2.12. The fraction of sp³-hybridized carbons (Fsp3) is 0.176. The van der Waals surface area contributed by atoms with Crippen LogP contribution in [0.4, 0.5) is 0 Å². The van der Waals surface area contributed by atoms with E-state index in [2.05, 4.69) is 16.8 Å². The number of pyridine rings is 1. The standard InChI is InChI=1S/C17H17N3O/c1-20(13-15-7-4-10-19-12-15)17(21)16-8-2-5-14(11-16)6-3-9-18/h2,4-5,7-8,10-12H,9,13,18H2,1H3. The first kappa shape index (κ1) is 14.8. The number of hydrogen-bond donors (Lipinski definition) is 1. The lowest BCUT2D eigenvalue weighted by Crippen LogP contribution is -2.26. The van der Waals surface area contributed by atoms with Gasteiger partial charge in [-0.1, -0.05) is 24.0 Å². The second-order valence-electron chi connectivity index (χ2n) is 4.61. The minimum Gasteiger partial charge on any atom is -0.337 e. The Bertz CT molecular complexity index is 671. The number of aromatic nitrogens is 1. The van der Waals surface area contributed by atoms with E-state index in [9.17, 15) is 4.79 Å². The summed E-state index contributed by atoms with van der Waals surface area (Å²) in [7, 11) is 1.77. The number of amides is 1. The molecule has 21 heavy (non-hydrogen) atoms. The Kier molecular flexibility index (Phi) is 5.08. The average Bonchev–Trinajstić information content (AvgIpc) is 2.53. The fourth-order valence-electron chi connectivity index (χ4n) is 1.94. The van der Waals surface area contributed by atoms with Crippen molar-refractivity contribution in [1.82, 2.24) is 9.88 Å². The van der Waals surface area contributed by atoms with Crippen molar-refractivity contribution in [2.45, 2.75) is 6.54 Å². The van der Waals surface area contributed by atoms with Crippen LogP contribution in [0, 0.1) is 11.8 Å². The number of carbonyl (C=O) groups excluding carboxylic acids is 1. The zero-order chi connectivity index (χ0) is 15.1. The summed E-state index contributed by atoms with van der Waals surface area (Å²) in [5.41, 5.74) is 7.76. The lowest BCUT2D eigenvalue weighted by Gasteiger charge is -2.17. The number of carbonyl (C=O) groups is 1. The van der Waals surface area contributed by atoms with Gasteiger partial charge < -0.3 is 10.6 Å². The van der Waals surface area contributed by atoms with E-state index in [1.165, 1.54) is 0 Å². The van der Waals surface area contributed by atoms with Gasteiger partial charge in [0.1, 0.15) is 0 Å². The Labute approximate surface area is 124 Å². The van der Waals surface area contributed by atoms with E-state index in [-0.39, 0.29) is 5.91 Å². The number of nitrogens with two attached hydrogens (primary N) is 1. The Morgan fingerprint density at radius 1 is 1.33 bits per heavy atom. The van der Waals surface area contributed by atoms with Crippen LogP contribution in [0.2, 0.25) is 0 Å². The Balaban J connectivity index is 2.12. The molecule has 0 fully saturated rings. The van der Waals surface area contributed by atoms with Gasteiger partial charge in [-0.2, -0.15) is 0 Å². The summed E-state index contributed by atoms with van der Waals surface area (Å²) >= 11 is 0. The first-order valence-electron chi connectivity index (χ1n) is 6.64. The maximum Gasteiger partial charge on any atom is 0.253 e. The van der Waals surface area contributed by atoms with Crippen molar-refractivity contribution in [1.29, 1.82) is 0 Å². The molecule has 0 unspecified atom stereocenters. The quantitative estimate of drug-likeness (QED) is 0.869. The molecule has 0 radical (unpaired) electrons. The molecular weight excluding hydrogens is 262 g/mol. The van der Waals surface area contributed by atoms with Crippen LogP contribution in [0.25, 0.3) is 0 Å². The molecule has 4 heteroatoms. The lowest BCUT2D eigenvalue weighted by atomic mass is 10.1. The van der Waals surface area contributed by atoms with E-state index < -0.39 is 0 Å². The van der Waals surface area contributed by atoms with Crippen molar-refractivity contribution in [3.05, 3.63) is 65.5 Å². The molecule has 1 heterocycles. The first-order chi connectivity index (χ1) is 10.2. The van der Waals surface area contributed by atoms with Crippen molar-refractivity contribution in [3.63, 3.8) is 0 Å². The summed E-state index contributed by atoms with van der Waals surface area (Å²) in [6.07, 6.45) is 3.47. The van der Waals surface area contributed by atoms with Gasteiger partial charge in [0.15, 0.2) is 0 Å². The van der Waals surface area contributed by atoms with Crippen molar-refractivity contribution in [2.75, 3.05) is 13.6 Å². The van der Waals surface area contributed by atoms with Crippen LogP contribution < -0.4 is 5.73 Å². The van der Waals surface area contributed by atoms with Gasteiger partial charge in [-0.25, -0.2) is 0 Å². The van der Waals surface area contributed by atoms with Gasteiger partial charge in [-0.3, -0.25) is 9.78 Å². The van der Waals surface area contributed by atoms with Crippen LogP contribution in [0.15, 0.2) is 48.8 Å². The monoisotopic (exact) mass is 279 g/mol. The molecule has 0 saturated heterocycles. The van der Waals surface area contributed by atoms with Gasteiger partial charge in [0, 0.05) is 37.1 Å². The molecule has 2 rings (SSSR count). The second kappa shape index (κ2) is 7.22. The minimum atomic E-state index is -0.0461. The largest absolute Gasteiger partial charge is 0.337 e. The Morgan fingerprint density at radius 2 is 2.19 bits per heavy atom. The molecule has 2 aromatic rings. The third-order valence-corrected chi connectivity index (χ3v) is 2.93. The molecule has 0 spiro atoms. The zero-order valence-corrected chi connectivity index (χ0v) is 11.9. The number of rotatable bonds is 3. The van der Waals surface area contributed by atoms with Crippen molar-refractivity contribution in [3.8, 4) is 11.8 Å². The Hall–Kier alpha value is -2.64. The van der Waals surface area contributed by atoms with E-state index >= 15 is 0 Å². The first-order valence-corrected chi connectivity index (χ1v) is 6.64. The minimum absolute atomic E-state index is 0.0461. The van der Waals surface area contributed by atoms with Gasteiger partial charge in [0.05, 0.1) is 6.54 Å². The van der Waals surface area contributed by atoms with Crippen molar-refractivity contribution in [2.24, 2.45) is 5.73 Å². The number of nitrogens with zero attached hydrogens (tertiary/aromatic N) is 2. The predicted octanol–water partition coefficient (Wildman–Crippen LogP) is 1.66. The van der Waals surface area contributed by atoms with E-state index in [4.69, 9.17) is 5.73 Å². The molecular formula is C17H17N3O. The summed E-state index contributed by atoms with van der Waals surface area (Å²) < 4.78 is 0. The third-order valence-electron chi connectivity index (χ3n) is 2.93. The van der Waals surface area contributed by atoms with Gasteiger partial charge >= 0.3 is 0 Å². The zero-order valence-electron chi connectivity index (χ0n) is 11.9. The molecule has 0 aliphatic carbocycles. The summed E-state index contributed by atoms with van der Waals surface area (Å²) in [5.74, 6) is 5.67. The molecule has 0 atom stereocenters. The number of hydrogen-bond acceptors (Lipinski definition) is 3. The molecule has 0 aliphatic rings. The summed E-state index contributed by atoms with van der Waals surface area (Å²) in [5, 5.41) is 0. The van der Waals surface area contributed by atoms with Crippen LogP contribution in [0.1, 0.15) is 21.5 Å². The highest BCUT2D eigenvalue weighted by atomic mass is 16.2. The molecule has 1 amide bonds. The van der Waals surface area contributed by atoms with Gasteiger partial charge in [0.25, 0.3) is 5.91 Å². The van der Waals surface area contributed by atoms with E-state index in [1.54, 1.807) is 36.5 Å². The fourth-order valence-corrected chi connectivity index (χ4v) is 1.94. The van der Waals surface area contributed by atoms with Crippen molar-refractivity contribution < 1.29 is 4.79 Å². The van der Waals surface area contributed by atoms with E-state index in [1.807, 2.05) is 24.3 Å². The van der Waals surface area contributed by atoms with Crippen molar-refractivity contribution >= 4 is 5.91 Å². The Morgan fingerprint density at radius 3 is 2.90 bits per heavy atom. The molecule has 106 valence electrons. The average molecular weight is 279 g/mol. The summed E-state index contributed by atoms with van der Waals surface area (Å²) in [6.45, 7) is 0.824. The molecule has 0 aliphatic heterocycles. The third kappa shape index (κ3) is 4.16. The van der Waals surface area contributed by atoms with Gasteiger partial charge in [0.2, 0.25) is 0 Å². The molecule has 0 saturated carbocycles. The maximum atomic E-state index is 12.4. The van der Waals surface area contributed by atoms with E-state index in [0.29, 0.717) is 18.7 Å².